The molecule has 0 aromatic carbocycles. The molecule has 0 aliphatic carbocycles. The summed E-state index contributed by atoms with van der Waals surface area (Å²) in [5, 5.41) is 0. The summed E-state index contributed by atoms with van der Waals surface area (Å²) in [4.78, 5) is 27.8. The van der Waals surface area contributed by atoms with Crippen LogP contribution in [-0.4, -0.2) is 23.8 Å². The Morgan fingerprint density at radius 2 is 1.88 bits per heavy atom. The Balaban J connectivity index is 2.29. The minimum atomic E-state index is -0.426. The molecule has 1 N–H and O–H groups in total. The lowest BCUT2D eigenvalue weighted by Gasteiger charge is -2.07. The van der Waals surface area contributed by atoms with E-state index in [1.54, 1.807) is 13.8 Å². The maximum atomic E-state index is 12.8. The number of ketones is 1. The molecule has 0 aliphatic rings. The summed E-state index contributed by atoms with van der Waals surface area (Å²) in [7, 11) is 1.34. The predicted molar refractivity (Wildman–Crippen MR) is 91.3 cm³/mol. The van der Waals surface area contributed by atoms with E-state index in [-0.39, 0.29) is 11.8 Å². The van der Waals surface area contributed by atoms with Crippen molar-refractivity contribution >= 4 is 11.8 Å². The van der Waals surface area contributed by atoms with Crippen molar-refractivity contribution in [1.82, 2.24) is 4.98 Å². The van der Waals surface area contributed by atoms with E-state index in [0.29, 0.717) is 22.5 Å². The molecule has 0 saturated heterocycles. The first-order valence-corrected chi connectivity index (χ1v) is 8.22. The topological polar surface area (TPSA) is 63.0 Å². The van der Waals surface area contributed by atoms with Crippen LogP contribution < -0.4 is 4.57 Å². The fraction of sp³-hybridized carbons (Fsp3) is 0.421. The van der Waals surface area contributed by atoms with Gasteiger partial charge in [-0.2, -0.15) is 4.57 Å². The van der Waals surface area contributed by atoms with Gasteiger partial charge in [0.25, 0.3) is 0 Å². The van der Waals surface area contributed by atoms with E-state index in [9.17, 15) is 9.59 Å². The lowest BCUT2D eigenvalue weighted by atomic mass is 10.0. The first-order valence-electron chi connectivity index (χ1n) is 8.22. The Labute approximate surface area is 142 Å². The predicted octanol–water partition coefficient (Wildman–Crippen LogP) is 3.10. The van der Waals surface area contributed by atoms with E-state index in [4.69, 9.17) is 4.74 Å². The number of rotatable bonds is 6. The van der Waals surface area contributed by atoms with Gasteiger partial charge in [0.1, 0.15) is 0 Å². The number of pyridine rings is 1. The van der Waals surface area contributed by atoms with E-state index in [0.717, 1.165) is 12.8 Å². The summed E-state index contributed by atoms with van der Waals surface area (Å²) >= 11 is 0. The number of carbonyl (C=O) groups excluding carboxylic acids is 2. The smallest absolute Gasteiger partial charge is 0.339 e. The average Bonchev–Trinajstić information content (AvgIpc) is 2.88. The van der Waals surface area contributed by atoms with Crippen molar-refractivity contribution in [3.8, 4) is 0 Å². The maximum Gasteiger partial charge on any atom is 0.339 e. The second-order valence-electron chi connectivity index (χ2n) is 6.06. The number of H-pyrrole nitrogens is 1. The fourth-order valence-electron chi connectivity index (χ4n) is 2.93. The van der Waals surface area contributed by atoms with Gasteiger partial charge in [-0.15, -0.1) is 0 Å². The van der Waals surface area contributed by atoms with Gasteiger partial charge >= 0.3 is 5.97 Å². The molecule has 5 heteroatoms. The van der Waals surface area contributed by atoms with Crippen LogP contribution in [0.2, 0.25) is 0 Å². The van der Waals surface area contributed by atoms with Gasteiger partial charge in [0.2, 0.25) is 11.8 Å². The van der Waals surface area contributed by atoms with E-state index < -0.39 is 5.97 Å². The Kier molecular flexibility index (Phi) is 5.54. The molecule has 1 atom stereocenters. The number of aromatic nitrogens is 2. The number of Topliss-reactive ketones (excluding diaryl/α,β-unsaturated/α-hetero) is 1. The molecule has 0 unspecified atom stereocenters. The van der Waals surface area contributed by atoms with Gasteiger partial charge in [-0.25, -0.2) is 4.79 Å². The fourth-order valence-corrected chi connectivity index (χ4v) is 2.93. The van der Waals surface area contributed by atoms with Crippen molar-refractivity contribution in [3.63, 3.8) is 0 Å². The molecule has 0 amide bonds. The van der Waals surface area contributed by atoms with Crippen LogP contribution in [0.5, 0.6) is 0 Å². The molecule has 2 rings (SSSR count). The Morgan fingerprint density at radius 3 is 2.42 bits per heavy atom. The highest BCUT2D eigenvalue weighted by Gasteiger charge is 2.29. The standard InChI is InChI=1S/C19H24N2O3/c1-6-7-15-8-10-21(11-9-15)14(4)18(22)17-12(2)16(13(3)20-17)19(23)24-5/h8-11,14H,6-7H2,1-5H3/p+1/t14-/m1/s1. The van der Waals surface area contributed by atoms with Crippen molar-refractivity contribution in [2.45, 2.75) is 46.6 Å². The summed E-state index contributed by atoms with van der Waals surface area (Å²) in [5.41, 5.74) is 3.45. The highest BCUT2D eigenvalue weighted by molar-refractivity contribution is 6.02. The lowest BCUT2D eigenvalue weighted by molar-refractivity contribution is -0.704. The minimum absolute atomic E-state index is 0.0565. The molecule has 2 aromatic heterocycles. The van der Waals surface area contributed by atoms with Gasteiger partial charge in [-0.3, -0.25) is 4.79 Å². The van der Waals surface area contributed by atoms with Gasteiger partial charge in [-0.05, 0) is 31.4 Å². The molecule has 5 nitrogen and oxygen atoms in total. The molecule has 2 aromatic rings. The first kappa shape index (κ1) is 17.9. The number of aromatic amines is 1. The third kappa shape index (κ3) is 3.40. The Bertz CT molecular complexity index is 745. The molecule has 128 valence electrons. The molecule has 0 radical (unpaired) electrons. The summed E-state index contributed by atoms with van der Waals surface area (Å²) < 4.78 is 6.68. The molecular formula is C19H25N2O3+. The first-order chi connectivity index (χ1) is 11.4. The molecular weight excluding hydrogens is 304 g/mol. The molecule has 0 fully saturated rings. The molecule has 24 heavy (non-hydrogen) atoms. The highest BCUT2D eigenvalue weighted by atomic mass is 16.5. The molecule has 0 saturated carbocycles. The number of ether oxygens (including phenoxy) is 1. The van der Waals surface area contributed by atoms with Crippen molar-refractivity contribution in [1.29, 1.82) is 0 Å². The second kappa shape index (κ2) is 7.43. The average molecular weight is 329 g/mol. The zero-order chi connectivity index (χ0) is 17.9. The van der Waals surface area contributed by atoms with Crippen molar-refractivity contribution in [3.05, 3.63) is 52.6 Å². The molecule has 0 aliphatic heterocycles. The summed E-state index contributed by atoms with van der Waals surface area (Å²) in [6, 6.07) is 3.72. The van der Waals surface area contributed by atoms with Gasteiger partial charge in [0, 0.05) is 24.8 Å². The molecule has 0 spiro atoms. The van der Waals surface area contributed by atoms with Gasteiger partial charge in [0.15, 0.2) is 12.4 Å². The Hall–Kier alpha value is -2.43. The van der Waals surface area contributed by atoms with Crippen LogP contribution in [0, 0.1) is 13.8 Å². The zero-order valence-electron chi connectivity index (χ0n) is 15.0. The van der Waals surface area contributed by atoms with Crippen LogP contribution in [0.3, 0.4) is 0 Å². The van der Waals surface area contributed by atoms with E-state index >= 15 is 0 Å². The number of methoxy groups -OCH3 is 1. The van der Waals surface area contributed by atoms with Crippen LogP contribution in [0.4, 0.5) is 0 Å². The van der Waals surface area contributed by atoms with E-state index in [1.807, 2.05) is 36.0 Å². The van der Waals surface area contributed by atoms with Crippen molar-refractivity contribution in [2.75, 3.05) is 7.11 Å². The number of nitrogens with zero attached hydrogens (tertiary/aromatic N) is 1. The van der Waals surface area contributed by atoms with Crippen molar-refractivity contribution in [2.24, 2.45) is 0 Å². The number of hydrogen-bond acceptors (Lipinski definition) is 3. The number of aryl methyl sites for hydroxylation is 2. The number of hydrogen-bond donors (Lipinski definition) is 1. The molecule has 2 heterocycles. The van der Waals surface area contributed by atoms with Crippen LogP contribution >= 0.6 is 0 Å². The summed E-state index contributed by atoms with van der Waals surface area (Å²) in [6.45, 7) is 7.54. The largest absolute Gasteiger partial charge is 0.465 e. The highest BCUT2D eigenvalue weighted by Crippen LogP contribution is 2.21. The summed E-state index contributed by atoms with van der Waals surface area (Å²) in [6.07, 6.45) is 5.98. The van der Waals surface area contributed by atoms with E-state index in [2.05, 4.69) is 11.9 Å². The van der Waals surface area contributed by atoms with E-state index in [1.165, 1.54) is 12.7 Å². The van der Waals surface area contributed by atoms with Crippen LogP contribution in [-0.2, 0) is 11.2 Å². The second-order valence-corrected chi connectivity index (χ2v) is 6.06. The minimum Gasteiger partial charge on any atom is -0.465 e. The Morgan fingerprint density at radius 1 is 1.25 bits per heavy atom. The van der Waals surface area contributed by atoms with Crippen LogP contribution in [0.15, 0.2) is 24.5 Å². The van der Waals surface area contributed by atoms with Gasteiger partial charge < -0.3 is 9.72 Å². The summed E-state index contributed by atoms with van der Waals surface area (Å²) in [5.74, 6) is -0.483. The normalized spacial score (nSPS) is 12.0. The maximum absolute atomic E-state index is 12.8. The number of esters is 1. The third-order valence-electron chi connectivity index (χ3n) is 4.36. The van der Waals surface area contributed by atoms with Gasteiger partial charge in [0.05, 0.1) is 18.4 Å². The third-order valence-corrected chi connectivity index (χ3v) is 4.36. The SMILES string of the molecule is CCCc1cc[n+]([C@H](C)C(=O)c2[nH]c(C)c(C(=O)OC)c2C)cc1. The quantitative estimate of drug-likeness (QED) is 0.503. The number of carbonyl (C=O) groups is 2. The number of nitrogens with one attached hydrogen (secondary N) is 1. The van der Waals surface area contributed by atoms with Crippen LogP contribution in [0.25, 0.3) is 0 Å². The molecule has 0 bridgehead atoms. The van der Waals surface area contributed by atoms with Crippen LogP contribution in [0.1, 0.15) is 64.0 Å². The van der Waals surface area contributed by atoms with Crippen molar-refractivity contribution < 1.29 is 18.9 Å². The lowest BCUT2D eigenvalue weighted by Crippen LogP contribution is -2.42. The monoisotopic (exact) mass is 329 g/mol. The zero-order valence-corrected chi connectivity index (χ0v) is 15.0. The van der Waals surface area contributed by atoms with Gasteiger partial charge in [-0.1, -0.05) is 13.3 Å².